The first-order valence-corrected chi connectivity index (χ1v) is 6.26. The van der Waals surface area contributed by atoms with Gasteiger partial charge in [-0.2, -0.15) is 0 Å². The second kappa shape index (κ2) is 7.82. The van der Waals surface area contributed by atoms with Crippen LogP contribution in [0.2, 0.25) is 0 Å². The zero-order valence-corrected chi connectivity index (χ0v) is 12.0. The zero-order chi connectivity index (χ0) is 12.8. The van der Waals surface area contributed by atoms with Gasteiger partial charge in [0.25, 0.3) is 0 Å². The molecule has 2 nitrogen and oxygen atoms in total. The summed E-state index contributed by atoms with van der Waals surface area (Å²) in [6.07, 6.45) is 0.915. The maximum atomic E-state index is 5.77. The van der Waals surface area contributed by atoms with Crippen molar-refractivity contribution in [1.29, 1.82) is 0 Å². The molecule has 0 amide bonds. The lowest BCUT2D eigenvalue weighted by molar-refractivity contribution is 0.305. The topological polar surface area (TPSA) is 35.2 Å². The average Bonchev–Trinajstić information content (AvgIpc) is 2.40. The summed E-state index contributed by atoms with van der Waals surface area (Å²) in [4.78, 5) is 0. The standard InChI is InChI=1S/C16H19NO.ClH/c1-13-4-2-3-5-15(13)12-18-16-8-6-14(7-9-16)10-11-17;/h2-9H,10-12,17H2,1H3;1H. The lowest BCUT2D eigenvalue weighted by Gasteiger charge is -2.09. The summed E-state index contributed by atoms with van der Waals surface area (Å²) in [5.74, 6) is 0.902. The van der Waals surface area contributed by atoms with Gasteiger partial charge in [0.2, 0.25) is 0 Å². The van der Waals surface area contributed by atoms with Gasteiger partial charge >= 0.3 is 0 Å². The largest absolute Gasteiger partial charge is 0.489 e. The van der Waals surface area contributed by atoms with Gasteiger partial charge in [-0.3, -0.25) is 0 Å². The number of hydrogen-bond acceptors (Lipinski definition) is 2. The second-order valence-electron chi connectivity index (χ2n) is 4.40. The highest BCUT2D eigenvalue weighted by atomic mass is 35.5. The first kappa shape index (κ1) is 15.5. The van der Waals surface area contributed by atoms with E-state index in [0.29, 0.717) is 13.2 Å². The summed E-state index contributed by atoms with van der Waals surface area (Å²) in [7, 11) is 0. The van der Waals surface area contributed by atoms with Crippen molar-refractivity contribution in [3.8, 4) is 5.75 Å². The van der Waals surface area contributed by atoms with Gasteiger partial charge in [-0.05, 0) is 48.7 Å². The first-order chi connectivity index (χ1) is 8.79. The van der Waals surface area contributed by atoms with Crippen LogP contribution in [0.15, 0.2) is 48.5 Å². The minimum Gasteiger partial charge on any atom is -0.489 e. The number of aryl methyl sites for hydroxylation is 1. The molecular weight excluding hydrogens is 258 g/mol. The van der Waals surface area contributed by atoms with Crippen LogP contribution < -0.4 is 10.5 Å². The fourth-order valence-corrected chi connectivity index (χ4v) is 1.85. The van der Waals surface area contributed by atoms with E-state index in [9.17, 15) is 0 Å². The van der Waals surface area contributed by atoms with E-state index in [0.717, 1.165) is 12.2 Å². The average molecular weight is 278 g/mol. The maximum Gasteiger partial charge on any atom is 0.119 e. The first-order valence-electron chi connectivity index (χ1n) is 6.26. The Bertz CT molecular complexity index is 496. The van der Waals surface area contributed by atoms with Gasteiger partial charge in [0, 0.05) is 0 Å². The van der Waals surface area contributed by atoms with Gasteiger partial charge in [0.1, 0.15) is 12.4 Å². The van der Waals surface area contributed by atoms with Gasteiger partial charge in [0.05, 0.1) is 0 Å². The van der Waals surface area contributed by atoms with Crippen molar-refractivity contribution in [1.82, 2.24) is 0 Å². The third-order valence-corrected chi connectivity index (χ3v) is 3.01. The van der Waals surface area contributed by atoms with Crippen molar-refractivity contribution in [2.24, 2.45) is 5.73 Å². The highest BCUT2D eigenvalue weighted by molar-refractivity contribution is 5.85. The molecule has 19 heavy (non-hydrogen) atoms. The van der Waals surface area contributed by atoms with Gasteiger partial charge < -0.3 is 10.5 Å². The molecule has 2 aromatic rings. The lowest BCUT2D eigenvalue weighted by atomic mass is 10.1. The van der Waals surface area contributed by atoms with E-state index in [1.54, 1.807) is 0 Å². The Hall–Kier alpha value is -1.51. The molecule has 0 bridgehead atoms. The predicted octanol–water partition coefficient (Wildman–Crippen LogP) is 3.50. The Morgan fingerprint density at radius 2 is 1.68 bits per heavy atom. The molecule has 102 valence electrons. The van der Waals surface area contributed by atoms with E-state index in [4.69, 9.17) is 10.5 Å². The summed E-state index contributed by atoms with van der Waals surface area (Å²) in [6.45, 7) is 3.40. The molecule has 0 radical (unpaired) electrons. The third kappa shape index (κ3) is 4.58. The molecule has 0 aliphatic carbocycles. The Kier molecular flexibility index (Phi) is 6.40. The zero-order valence-electron chi connectivity index (χ0n) is 11.1. The Morgan fingerprint density at radius 3 is 2.32 bits per heavy atom. The molecule has 0 atom stereocenters. The monoisotopic (exact) mass is 277 g/mol. The number of hydrogen-bond donors (Lipinski definition) is 1. The van der Waals surface area contributed by atoms with E-state index in [1.165, 1.54) is 16.7 Å². The molecule has 0 saturated carbocycles. The molecule has 0 aliphatic heterocycles. The molecule has 0 fully saturated rings. The van der Waals surface area contributed by atoms with Crippen LogP contribution in [0, 0.1) is 6.92 Å². The van der Waals surface area contributed by atoms with Crippen molar-refractivity contribution in [2.45, 2.75) is 20.0 Å². The second-order valence-corrected chi connectivity index (χ2v) is 4.40. The Balaban J connectivity index is 0.00000180. The minimum absolute atomic E-state index is 0. The Morgan fingerprint density at radius 1 is 1.00 bits per heavy atom. The third-order valence-electron chi connectivity index (χ3n) is 3.01. The van der Waals surface area contributed by atoms with Crippen molar-refractivity contribution in [2.75, 3.05) is 6.54 Å². The number of nitrogens with two attached hydrogens (primary N) is 1. The number of ether oxygens (including phenoxy) is 1. The summed E-state index contributed by atoms with van der Waals surface area (Å²) in [5.41, 5.74) is 9.26. The van der Waals surface area contributed by atoms with Gasteiger partial charge in [-0.25, -0.2) is 0 Å². The van der Waals surface area contributed by atoms with Gasteiger partial charge in [-0.1, -0.05) is 36.4 Å². The van der Waals surface area contributed by atoms with Crippen LogP contribution in [-0.4, -0.2) is 6.54 Å². The van der Waals surface area contributed by atoms with Crippen molar-refractivity contribution < 1.29 is 4.74 Å². The molecule has 0 heterocycles. The van der Waals surface area contributed by atoms with Crippen LogP contribution in [0.5, 0.6) is 5.75 Å². The van der Waals surface area contributed by atoms with Crippen molar-refractivity contribution >= 4 is 12.4 Å². The van der Waals surface area contributed by atoms with E-state index in [2.05, 4.69) is 31.2 Å². The molecular formula is C16H20ClNO. The van der Waals surface area contributed by atoms with Crippen molar-refractivity contribution in [3.63, 3.8) is 0 Å². The predicted molar refractivity (Wildman–Crippen MR) is 82.0 cm³/mol. The van der Waals surface area contributed by atoms with Gasteiger partial charge in [0.15, 0.2) is 0 Å². The SMILES string of the molecule is Cc1ccccc1COc1ccc(CCN)cc1.Cl. The lowest BCUT2D eigenvalue weighted by Crippen LogP contribution is -2.02. The van der Waals surface area contributed by atoms with Crippen LogP contribution >= 0.6 is 12.4 Å². The smallest absolute Gasteiger partial charge is 0.119 e. The summed E-state index contributed by atoms with van der Waals surface area (Å²) < 4.78 is 5.77. The molecule has 2 aromatic carbocycles. The summed E-state index contributed by atoms with van der Waals surface area (Å²) >= 11 is 0. The highest BCUT2D eigenvalue weighted by Gasteiger charge is 1.99. The van der Waals surface area contributed by atoms with E-state index in [-0.39, 0.29) is 12.4 Å². The van der Waals surface area contributed by atoms with E-state index >= 15 is 0 Å². The number of benzene rings is 2. The van der Waals surface area contributed by atoms with E-state index < -0.39 is 0 Å². The quantitative estimate of drug-likeness (QED) is 0.908. The van der Waals surface area contributed by atoms with Crippen LogP contribution in [0.25, 0.3) is 0 Å². The summed E-state index contributed by atoms with van der Waals surface area (Å²) in [6, 6.07) is 16.4. The molecule has 0 saturated heterocycles. The molecule has 3 heteroatoms. The van der Waals surface area contributed by atoms with Crippen LogP contribution in [0.3, 0.4) is 0 Å². The molecule has 0 aliphatic rings. The Labute approximate surface area is 121 Å². The van der Waals surface area contributed by atoms with Gasteiger partial charge in [-0.15, -0.1) is 12.4 Å². The normalized spacial score (nSPS) is 9.79. The number of rotatable bonds is 5. The fraction of sp³-hybridized carbons (Fsp3) is 0.250. The molecule has 0 spiro atoms. The molecule has 0 unspecified atom stereocenters. The molecule has 0 aromatic heterocycles. The van der Waals surface area contributed by atoms with Crippen molar-refractivity contribution in [3.05, 3.63) is 65.2 Å². The molecule has 2 N–H and O–H groups in total. The van der Waals surface area contributed by atoms with E-state index in [1.807, 2.05) is 24.3 Å². The fourth-order valence-electron chi connectivity index (χ4n) is 1.85. The maximum absolute atomic E-state index is 5.77. The van der Waals surface area contributed by atoms with Crippen LogP contribution in [0.1, 0.15) is 16.7 Å². The minimum atomic E-state index is 0. The highest BCUT2D eigenvalue weighted by Crippen LogP contribution is 2.15. The van der Waals surface area contributed by atoms with Crippen LogP contribution in [-0.2, 0) is 13.0 Å². The number of halogens is 1. The summed E-state index contributed by atoms with van der Waals surface area (Å²) in [5, 5.41) is 0. The van der Waals surface area contributed by atoms with Crippen LogP contribution in [0.4, 0.5) is 0 Å². The molecule has 2 rings (SSSR count).